The van der Waals surface area contributed by atoms with Gasteiger partial charge in [-0.1, -0.05) is 36.4 Å². The lowest BCUT2D eigenvalue weighted by molar-refractivity contribution is 0.589. The van der Waals surface area contributed by atoms with Crippen molar-refractivity contribution in [3.05, 3.63) is 71.4 Å². The molecule has 0 aliphatic carbocycles. The first kappa shape index (κ1) is 15.6. The van der Waals surface area contributed by atoms with E-state index in [1.54, 1.807) is 24.4 Å². The van der Waals surface area contributed by atoms with Gasteiger partial charge in [0.15, 0.2) is 0 Å². The van der Waals surface area contributed by atoms with E-state index < -0.39 is 10.0 Å². The van der Waals surface area contributed by atoms with E-state index in [1.165, 1.54) is 3.97 Å². The van der Waals surface area contributed by atoms with Crippen LogP contribution in [0.4, 0.5) is 0 Å². The Balaban J connectivity index is 2.33. The summed E-state index contributed by atoms with van der Waals surface area (Å²) >= 11 is 0. The highest BCUT2D eigenvalue weighted by Crippen LogP contribution is 2.30. The van der Waals surface area contributed by atoms with Gasteiger partial charge in [0.1, 0.15) is 0 Å². The summed E-state index contributed by atoms with van der Waals surface area (Å²) in [6.45, 7) is 9.73. The highest BCUT2D eigenvalue weighted by Gasteiger charge is 2.21. The van der Waals surface area contributed by atoms with Crippen LogP contribution < -0.4 is 0 Å². The van der Waals surface area contributed by atoms with E-state index in [4.69, 9.17) is 0 Å². The van der Waals surface area contributed by atoms with Crippen molar-refractivity contribution < 1.29 is 8.42 Å². The molecule has 0 saturated heterocycles. The number of aryl methyl sites for hydroxylation is 3. The third-order valence-electron chi connectivity index (χ3n) is 4.16. The molecule has 0 spiro atoms. The minimum absolute atomic E-state index is 0.292. The molecule has 0 saturated carbocycles. The molecule has 1 heterocycles. The summed E-state index contributed by atoms with van der Waals surface area (Å²) in [5.41, 5.74) is 4.75. The Morgan fingerprint density at radius 3 is 2.26 bits per heavy atom. The summed E-state index contributed by atoms with van der Waals surface area (Å²) in [7, 11) is -3.62. The Kier molecular flexibility index (Phi) is 3.65. The second-order valence-corrected chi connectivity index (χ2v) is 7.64. The first-order chi connectivity index (χ1) is 10.9. The van der Waals surface area contributed by atoms with E-state index in [0.717, 1.165) is 27.6 Å². The summed E-state index contributed by atoms with van der Waals surface area (Å²) in [6, 6.07) is 10.8. The molecular weight excluding hydrogens is 306 g/mol. The van der Waals surface area contributed by atoms with Gasteiger partial charge in [-0.3, -0.25) is 0 Å². The standard InChI is InChI=1S/C19H19NO2S/c1-5-17-14(3)12-15(4)19-18(17)10-11-20(19)23(21,22)16-8-6-13(2)7-9-16/h5-12H,1H2,2-4H3. The lowest BCUT2D eigenvalue weighted by Crippen LogP contribution is -2.12. The Morgan fingerprint density at radius 1 is 1.00 bits per heavy atom. The van der Waals surface area contributed by atoms with Crippen LogP contribution in [0.15, 0.2) is 54.1 Å². The smallest absolute Gasteiger partial charge is 0.241 e. The fraction of sp³-hybridized carbons (Fsp3) is 0.158. The van der Waals surface area contributed by atoms with Crippen LogP contribution in [0, 0.1) is 20.8 Å². The Bertz CT molecular complexity index is 1010. The largest absolute Gasteiger partial charge is 0.268 e. The van der Waals surface area contributed by atoms with Crippen LogP contribution in [0.25, 0.3) is 17.0 Å². The molecule has 0 bridgehead atoms. The first-order valence-electron chi connectivity index (χ1n) is 7.42. The first-order valence-corrected chi connectivity index (χ1v) is 8.86. The maximum absolute atomic E-state index is 13.0. The monoisotopic (exact) mass is 325 g/mol. The molecule has 0 radical (unpaired) electrons. The van der Waals surface area contributed by atoms with Crippen LogP contribution in [-0.2, 0) is 10.0 Å². The van der Waals surface area contributed by atoms with Gasteiger partial charge >= 0.3 is 0 Å². The molecule has 118 valence electrons. The average Bonchev–Trinajstić information content (AvgIpc) is 2.94. The van der Waals surface area contributed by atoms with Gasteiger partial charge in [-0.05, 0) is 55.7 Å². The van der Waals surface area contributed by atoms with Gasteiger partial charge in [0, 0.05) is 11.6 Å². The minimum atomic E-state index is -3.62. The maximum Gasteiger partial charge on any atom is 0.268 e. The van der Waals surface area contributed by atoms with Crippen molar-refractivity contribution in [3.8, 4) is 0 Å². The highest BCUT2D eigenvalue weighted by atomic mass is 32.2. The third-order valence-corrected chi connectivity index (χ3v) is 5.85. The highest BCUT2D eigenvalue weighted by molar-refractivity contribution is 7.90. The van der Waals surface area contributed by atoms with Crippen molar-refractivity contribution in [1.29, 1.82) is 0 Å². The lowest BCUT2D eigenvalue weighted by Gasteiger charge is -2.12. The molecule has 3 aromatic rings. The van der Waals surface area contributed by atoms with Crippen LogP contribution >= 0.6 is 0 Å². The van der Waals surface area contributed by atoms with Gasteiger partial charge in [0.05, 0.1) is 10.4 Å². The molecule has 0 fully saturated rings. The van der Waals surface area contributed by atoms with Crippen molar-refractivity contribution in [1.82, 2.24) is 3.97 Å². The Morgan fingerprint density at radius 2 is 1.65 bits per heavy atom. The summed E-state index contributed by atoms with van der Waals surface area (Å²) < 4.78 is 27.4. The van der Waals surface area contributed by atoms with Crippen LogP contribution in [-0.4, -0.2) is 12.4 Å². The Labute approximate surface area is 136 Å². The number of nitrogens with zero attached hydrogens (tertiary/aromatic N) is 1. The van der Waals surface area contributed by atoms with Crippen molar-refractivity contribution in [2.75, 3.05) is 0 Å². The second kappa shape index (κ2) is 5.39. The number of fused-ring (bicyclic) bond motifs is 1. The van der Waals surface area contributed by atoms with Crippen molar-refractivity contribution >= 4 is 27.0 Å². The van der Waals surface area contributed by atoms with E-state index in [9.17, 15) is 8.42 Å². The predicted octanol–water partition coefficient (Wildman–Crippen LogP) is 4.45. The minimum Gasteiger partial charge on any atom is -0.241 e. The van der Waals surface area contributed by atoms with E-state index >= 15 is 0 Å². The van der Waals surface area contributed by atoms with Crippen LogP contribution in [0.3, 0.4) is 0 Å². The third kappa shape index (κ3) is 2.39. The van der Waals surface area contributed by atoms with Crippen molar-refractivity contribution in [3.63, 3.8) is 0 Å². The topological polar surface area (TPSA) is 39.1 Å². The number of hydrogen-bond acceptors (Lipinski definition) is 2. The Hall–Kier alpha value is -2.33. The molecule has 23 heavy (non-hydrogen) atoms. The SMILES string of the molecule is C=Cc1c(C)cc(C)c2c1ccn2S(=O)(=O)c1ccc(C)cc1. The molecule has 2 aromatic carbocycles. The number of aromatic nitrogens is 1. The molecule has 0 atom stereocenters. The summed E-state index contributed by atoms with van der Waals surface area (Å²) in [4.78, 5) is 0.292. The second-order valence-electron chi connectivity index (χ2n) is 5.82. The fourth-order valence-electron chi connectivity index (χ4n) is 3.00. The zero-order chi connectivity index (χ0) is 16.8. The van der Waals surface area contributed by atoms with Crippen molar-refractivity contribution in [2.45, 2.75) is 25.7 Å². The average molecular weight is 325 g/mol. The maximum atomic E-state index is 13.0. The zero-order valence-corrected chi connectivity index (χ0v) is 14.3. The van der Waals surface area contributed by atoms with Crippen LogP contribution in [0.5, 0.6) is 0 Å². The van der Waals surface area contributed by atoms with Gasteiger partial charge in [0.25, 0.3) is 10.0 Å². The van der Waals surface area contributed by atoms with Gasteiger partial charge in [-0.25, -0.2) is 12.4 Å². The summed E-state index contributed by atoms with van der Waals surface area (Å²) in [5.74, 6) is 0. The van der Waals surface area contributed by atoms with Gasteiger partial charge in [-0.2, -0.15) is 0 Å². The van der Waals surface area contributed by atoms with E-state index in [0.29, 0.717) is 10.4 Å². The summed E-state index contributed by atoms with van der Waals surface area (Å²) in [5, 5.41) is 0.910. The molecule has 4 heteroatoms. The van der Waals surface area contributed by atoms with E-state index in [2.05, 4.69) is 6.58 Å². The number of hydrogen-bond donors (Lipinski definition) is 0. The normalized spacial score (nSPS) is 11.8. The number of benzene rings is 2. The van der Waals surface area contributed by atoms with E-state index in [-0.39, 0.29) is 0 Å². The number of rotatable bonds is 3. The molecule has 1 aromatic heterocycles. The molecule has 3 rings (SSSR count). The molecular formula is C19H19NO2S. The molecule has 0 N–H and O–H groups in total. The van der Waals surface area contributed by atoms with Crippen LogP contribution in [0.2, 0.25) is 0 Å². The van der Waals surface area contributed by atoms with Gasteiger partial charge < -0.3 is 0 Å². The van der Waals surface area contributed by atoms with Gasteiger partial charge in [0.2, 0.25) is 0 Å². The molecule has 0 aliphatic heterocycles. The lowest BCUT2D eigenvalue weighted by atomic mass is 10.0. The molecule has 0 unspecified atom stereocenters. The quantitative estimate of drug-likeness (QED) is 0.714. The molecule has 0 amide bonds. The van der Waals surface area contributed by atoms with E-state index in [1.807, 2.05) is 45.0 Å². The molecule has 0 aliphatic rings. The van der Waals surface area contributed by atoms with Crippen LogP contribution in [0.1, 0.15) is 22.3 Å². The summed E-state index contributed by atoms with van der Waals surface area (Å²) in [6.07, 6.45) is 3.40. The van der Waals surface area contributed by atoms with Crippen molar-refractivity contribution in [2.24, 2.45) is 0 Å². The fourth-order valence-corrected chi connectivity index (χ4v) is 4.41. The molecule has 3 nitrogen and oxygen atoms in total. The predicted molar refractivity (Wildman–Crippen MR) is 95.3 cm³/mol. The van der Waals surface area contributed by atoms with Gasteiger partial charge in [-0.15, -0.1) is 0 Å². The zero-order valence-electron chi connectivity index (χ0n) is 13.5.